The van der Waals surface area contributed by atoms with Crippen LogP contribution in [0.3, 0.4) is 0 Å². The molecule has 3 heteroatoms. The maximum atomic E-state index is 5.15. The fraction of sp³-hybridized carbons (Fsp3) is 0.188. The molecule has 19 heavy (non-hydrogen) atoms. The summed E-state index contributed by atoms with van der Waals surface area (Å²) in [7, 11) is 3.61. The van der Waals surface area contributed by atoms with Gasteiger partial charge in [-0.2, -0.15) is 5.10 Å². The molecule has 98 valence electrons. The van der Waals surface area contributed by atoms with Crippen LogP contribution in [0.15, 0.2) is 59.7 Å². The van der Waals surface area contributed by atoms with Crippen molar-refractivity contribution < 1.29 is 4.74 Å². The van der Waals surface area contributed by atoms with Crippen molar-refractivity contribution in [2.75, 3.05) is 19.2 Å². The number of hydrogen-bond acceptors (Lipinski definition) is 3. The Morgan fingerprint density at radius 1 is 1.00 bits per heavy atom. The third-order valence-electron chi connectivity index (χ3n) is 2.94. The zero-order valence-corrected chi connectivity index (χ0v) is 11.5. The van der Waals surface area contributed by atoms with E-state index < -0.39 is 0 Å². The Kier molecular flexibility index (Phi) is 4.18. The zero-order valence-electron chi connectivity index (χ0n) is 11.5. The van der Waals surface area contributed by atoms with Crippen LogP contribution in [0.1, 0.15) is 12.5 Å². The molecule has 0 spiro atoms. The molecule has 0 atom stereocenters. The monoisotopic (exact) mass is 254 g/mol. The molecule has 0 aliphatic rings. The van der Waals surface area contributed by atoms with Gasteiger partial charge >= 0.3 is 0 Å². The number of para-hydroxylation sites is 1. The molecule has 3 nitrogen and oxygen atoms in total. The molecule has 2 rings (SSSR count). The van der Waals surface area contributed by atoms with E-state index in [4.69, 9.17) is 4.74 Å². The normalized spacial score (nSPS) is 11.2. The van der Waals surface area contributed by atoms with Crippen LogP contribution >= 0.6 is 0 Å². The first-order chi connectivity index (χ1) is 9.20. The van der Waals surface area contributed by atoms with E-state index in [0.717, 1.165) is 22.7 Å². The summed E-state index contributed by atoms with van der Waals surface area (Å²) >= 11 is 0. The molecule has 0 saturated carbocycles. The summed E-state index contributed by atoms with van der Waals surface area (Å²) < 4.78 is 5.15. The quantitative estimate of drug-likeness (QED) is 0.615. The van der Waals surface area contributed by atoms with E-state index in [2.05, 4.69) is 5.10 Å². The maximum Gasteiger partial charge on any atom is 0.118 e. The second-order valence-electron chi connectivity index (χ2n) is 4.27. The molecule has 0 heterocycles. The Hall–Kier alpha value is -2.29. The number of rotatable bonds is 4. The van der Waals surface area contributed by atoms with Gasteiger partial charge in [0.2, 0.25) is 0 Å². The van der Waals surface area contributed by atoms with Gasteiger partial charge in [-0.3, -0.25) is 5.01 Å². The summed E-state index contributed by atoms with van der Waals surface area (Å²) in [5.74, 6) is 0.855. The maximum absolute atomic E-state index is 5.15. The predicted molar refractivity (Wildman–Crippen MR) is 80.1 cm³/mol. The third-order valence-corrected chi connectivity index (χ3v) is 2.94. The second kappa shape index (κ2) is 6.05. The Morgan fingerprint density at radius 3 is 2.21 bits per heavy atom. The minimum absolute atomic E-state index is 0.855. The molecular formula is C16H18N2O. The van der Waals surface area contributed by atoms with Crippen LogP contribution in [0.4, 0.5) is 5.69 Å². The number of methoxy groups -OCH3 is 1. The van der Waals surface area contributed by atoms with E-state index in [-0.39, 0.29) is 0 Å². The number of hydrazone groups is 1. The molecule has 0 radical (unpaired) electrons. The number of benzene rings is 2. The summed E-state index contributed by atoms with van der Waals surface area (Å²) in [5.41, 5.74) is 3.12. The Balaban J connectivity index is 2.18. The molecule has 0 N–H and O–H groups in total. The summed E-state index contributed by atoms with van der Waals surface area (Å²) in [4.78, 5) is 0. The predicted octanol–water partition coefficient (Wildman–Crippen LogP) is 3.56. The van der Waals surface area contributed by atoms with E-state index >= 15 is 0 Å². The van der Waals surface area contributed by atoms with Gasteiger partial charge in [-0.1, -0.05) is 18.2 Å². The van der Waals surface area contributed by atoms with Gasteiger partial charge in [-0.05, 0) is 48.9 Å². The first-order valence-corrected chi connectivity index (χ1v) is 6.19. The highest BCUT2D eigenvalue weighted by atomic mass is 16.5. The highest BCUT2D eigenvalue weighted by molar-refractivity contribution is 5.99. The van der Waals surface area contributed by atoms with Crippen LogP contribution in [0, 0.1) is 0 Å². The Labute approximate surface area is 114 Å². The highest BCUT2D eigenvalue weighted by Gasteiger charge is 2.01. The molecule has 0 bridgehead atoms. The van der Waals surface area contributed by atoms with Crippen LogP contribution < -0.4 is 9.75 Å². The topological polar surface area (TPSA) is 24.8 Å². The van der Waals surface area contributed by atoms with Gasteiger partial charge in [0.25, 0.3) is 0 Å². The number of nitrogens with zero attached hydrogens (tertiary/aromatic N) is 2. The molecule has 0 aliphatic heterocycles. The number of hydrogen-bond donors (Lipinski definition) is 0. The van der Waals surface area contributed by atoms with Gasteiger partial charge in [0, 0.05) is 7.05 Å². The van der Waals surface area contributed by atoms with Crippen LogP contribution in [0.5, 0.6) is 5.75 Å². The highest BCUT2D eigenvalue weighted by Crippen LogP contribution is 2.15. The standard InChI is InChI=1S/C16H18N2O/c1-13(14-9-11-16(19-3)12-10-14)17-18(2)15-7-5-4-6-8-15/h4-12H,1-3H3/b17-13+. The lowest BCUT2D eigenvalue weighted by Crippen LogP contribution is -2.12. The van der Waals surface area contributed by atoms with E-state index in [1.807, 2.05) is 73.6 Å². The molecule has 0 aliphatic carbocycles. The molecule has 0 unspecified atom stereocenters. The van der Waals surface area contributed by atoms with Gasteiger partial charge in [0.15, 0.2) is 0 Å². The molecule has 2 aromatic rings. The average Bonchev–Trinajstić information content (AvgIpc) is 2.48. The van der Waals surface area contributed by atoms with E-state index in [0.29, 0.717) is 0 Å². The number of anilines is 1. The minimum atomic E-state index is 0.855. The van der Waals surface area contributed by atoms with E-state index in [9.17, 15) is 0 Å². The average molecular weight is 254 g/mol. The van der Waals surface area contributed by atoms with Crippen molar-refractivity contribution in [1.82, 2.24) is 0 Å². The first kappa shape index (κ1) is 13.1. The van der Waals surface area contributed by atoms with Crippen LogP contribution in [-0.4, -0.2) is 19.9 Å². The van der Waals surface area contributed by atoms with Crippen molar-refractivity contribution in [1.29, 1.82) is 0 Å². The van der Waals surface area contributed by atoms with Gasteiger partial charge in [-0.15, -0.1) is 0 Å². The second-order valence-corrected chi connectivity index (χ2v) is 4.27. The van der Waals surface area contributed by atoms with Gasteiger partial charge < -0.3 is 4.74 Å². The lowest BCUT2D eigenvalue weighted by molar-refractivity contribution is 0.415. The van der Waals surface area contributed by atoms with Crippen LogP contribution in [-0.2, 0) is 0 Å². The summed E-state index contributed by atoms with van der Waals surface area (Å²) in [6, 6.07) is 18.0. The molecule has 2 aromatic carbocycles. The fourth-order valence-corrected chi connectivity index (χ4v) is 1.82. The van der Waals surface area contributed by atoms with Gasteiger partial charge in [0.1, 0.15) is 5.75 Å². The van der Waals surface area contributed by atoms with Gasteiger partial charge in [-0.25, -0.2) is 0 Å². The molecule has 0 amide bonds. The van der Waals surface area contributed by atoms with Gasteiger partial charge in [0.05, 0.1) is 18.5 Å². The van der Waals surface area contributed by atoms with Crippen molar-refractivity contribution in [3.63, 3.8) is 0 Å². The minimum Gasteiger partial charge on any atom is -0.497 e. The smallest absolute Gasteiger partial charge is 0.118 e. The fourth-order valence-electron chi connectivity index (χ4n) is 1.82. The van der Waals surface area contributed by atoms with Crippen molar-refractivity contribution in [2.45, 2.75) is 6.92 Å². The summed E-state index contributed by atoms with van der Waals surface area (Å²) in [6.07, 6.45) is 0. The van der Waals surface area contributed by atoms with Crippen molar-refractivity contribution in [2.24, 2.45) is 5.10 Å². The lowest BCUT2D eigenvalue weighted by atomic mass is 10.1. The summed E-state index contributed by atoms with van der Waals surface area (Å²) in [6.45, 7) is 2.00. The molecule has 0 aromatic heterocycles. The molecular weight excluding hydrogens is 236 g/mol. The molecule has 0 fully saturated rings. The number of ether oxygens (including phenoxy) is 1. The first-order valence-electron chi connectivity index (χ1n) is 6.19. The zero-order chi connectivity index (χ0) is 13.7. The third kappa shape index (κ3) is 3.35. The lowest BCUT2D eigenvalue weighted by Gasteiger charge is -2.14. The Bertz CT molecular complexity index is 547. The largest absolute Gasteiger partial charge is 0.497 e. The van der Waals surface area contributed by atoms with Crippen molar-refractivity contribution in [3.8, 4) is 5.75 Å². The van der Waals surface area contributed by atoms with E-state index in [1.54, 1.807) is 7.11 Å². The SMILES string of the molecule is COc1ccc(/C(C)=N/N(C)c2ccccc2)cc1. The Morgan fingerprint density at radius 2 is 1.63 bits per heavy atom. The van der Waals surface area contributed by atoms with Crippen LogP contribution in [0.2, 0.25) is 0 Å². The van der Waals surface area contributed by atoms with E-state index in [1.165, 1.54) is 0 Å². The van der Waals surface area contributed by atoms with Crippen molar-refractivity contribution >= 4 is 11.4 Å². The van der Waals surface area contributed by atoms with Crippen molar-refractivity contribution in [3.05, 3.63) is 60.2 Å². The summed E-state index contributed by atoms with van der Waals surface area (Å²) in [5, 5.41) is 6.46. The van der Waals surface area contributed by atoms with Crippen LogP contribution in [0.25, 0.3) is 0 Å². The molecule has 0 saturated heterocycles.